The average Bonchev–Trinajstić information content (AvgIpc) is 2.36. The number of aryl methyl sites for hydroxylation is 1. The van der Waals surface area contributed by atoms with Gasteiger partial charge in [0.1, 0.15) is 11.4 Å². The first kappa shape index (κ1) is 8.62. The van der Waals surface area contributed by atoms with E-state index in [0.29, 0.717) is 5.13 Å². The van der Waals surface area contributed by atoms with Gasteiger partial charge in [-0.15, -0.1) is 10.2 Å². The van der Waals surface area contributed by atoms with Crippen molar-refractivity contribution in [2.24, 2.45) is 0 Å². The van der Waals surface area contributed by atoms with Gasteiger partial charge in [0.2, 0.25) is 11.0 Å². The van der Waals surface area contributed by atoms with E-state index in [1.54, 1.807) is 13.0 Å². The SMILES string of the molecule is Cc1nnc(NC(=O)CC#N)s1. The first-order valence-corrected chi connectivity index (χ1v) is 4.01. The molecule has 5 nitrogen and oxygen atoms in total. The average molecular weight is 182 g/mol. The van der Waals surface area contributed by atoms with Crippen LogP contribution >= 0.6 is 11.3 Å². The fourth-order valence-electron chi connectivity index (χ4n) is 0.582. The topological polar surface area (TPSA) is 78.7 Å². The van der Waals surface area contributed by atoms with E-state index >= 15 is 0 Å². The Morgan fingerprint density at radius 3 is 3.00 bits per heavy atom. The Kier molecular flexibility index (Phi) is 2.71. The summed E-state index contributed by atoms with van der Waals surface area (Å²) >= 11 is 1.28. The van der Waals surface area contributed by atoms with Crippen LogP contribution in [0.5, 0.6) is 0 Å². The summed E-state index contributed by atoms with van der Waals surface area (Å²) in [7, 11) is 0. The molecule has 0 unspecified atom stereocenters. The van der Waals surface area contributed by atoms with Crippen LogP contribution in [-0.2, 0) is 4.79 Å². The summed E-state index contributed by atoms with van der Waals surface area (Å²) in [6.45, 7) is 1.79. The fraction of sp³-hybridized carbons (Fsp3) is 0.333. The molecule has 1 aromatic rings. The van der Waals surface area contributed by atoms with Crippen molar-refractivity contribution in [2.75, 3.05) is 5.32 Å². The van der Waals surface area contributed by atoms with Gasteiger partial charge in [0.15, 0.2) is 0 Å². The molecular formula is C6H6N4OS. The third-order valence-electron chi connectivity index (χ3n) is 1.01. The summed E-state index contributed by atoms with van der Waals surface area (Å²) in [5, 5.41) is 19.2. The van der Waals surface area contributed by atoms with E-state index in [9.17, 15) is 4.79 Å². The third-order valence-corrected chi connectivity index (χ3v) is 1.77. The fourth-order valence-corrected chi connectivity index (χ4v) is 1.19. The molecule has 0 saturated carbocycles. The van der Waals surface area contributed by atoms with Crippen LogP contribution in [0.15, 0.2) is 0 Å². The number of amides is 1. The highest BCUT2D eigenvalue weighted by Crippen LogP contribution is 2.13. The van der Waals surface area contributed by atoms with Crippen LogP contribution in [0.1, 0.15) is 11.4 Å². The van der Waals surface area contributed by atoms with Crippen LogP contribution < -0.4 is 5.32 Å². The number of nitrogens with zero attached hydrogens (tertiary/aromatic N) is 3. The molecule has 0 fully saturated rings. The highest BCUT2D eigenvalue weighted by molar-refractivity contribution is 7.15. The highest BCUT2D eigenvalue weighted by Gasteiger charge is 2.04. The van der Waals surface area contributed by atoms with Gasteiger partial charge in [-0.1, -0.05) is 11.3 Å². The van der Waals surface area contributed by atoms with Crippen molar-refractivity contribution in [1.82, 2.24) is 10.2 Å². The Bertz CT molecular complexity index is 327. The number of rotatable bonds is 2. The number of carbonyl (C=O) groups excluding carboxylic acids is 1. The molecule has 1 rings (SSSR count). The van der Waals surface area contributed by atoms with Crippen LogP contribution in [0.3, 0.4) is 0 Å². The molecule has 0 aromatic carbocycles. The van der Waals surface area contributed by atoms with E-state index in [1.165, 1.54) is 11.3 Å². The van der Waals surface area contributed by atoms with Gasteiger partial charge in [-0.3, -0.25) is 10.1 Å². The first-order chi connectivity index (χ1) is 5.72. The Morgan fingerprint density at radius 1 is 1.75 bits per heavy atom. The predicted molar refractivity (Wildman–Crippen MR) is 43.5 cm³/mol. The van der Waals surface area contributed by atoms with Crippen molar-refractivity contribution < 1.29 is 4.79 Å². The number of carbonyl (C=O) groups is 1. The molecule has 62 valence electrons. The van der Waals surface area contributed by atoms with Gasteiger partial charge in [-0.25, -0.2) is 0 Å². The Morgan fingerprint density at radius 2 is 2.50 bits per heavy atom. The standard InChI is InChI=1S/C6H6N4OS/c1-4-9-10-6(12-4)8-5(11)2-3-7/h2H2,1H3,(H,8,10,11). The second kappa shape index (κ2) is 3.78. The number of hydrogen-bond acceptors (Lipinski definition) is 5. The quantitative estimate of drug-likeness (QED) is 0.730. The molecule has 0 spiro atoms. The Labute approximate surface area is 73.0 Å². The zero-order valence-corrected chi connectivity index (χ0v) is 7.18. The number of hydrogen-bond donors (Lipinski definition) is 1. The van der Waals surface area contributed by atoms with Crippen molar-refractivity contribution in [1.29, 1.82) is 5.26 Å². The summed E-state index contributed by atoms with van der Waals surface area (Å²) in [5.74, 6) is -0.353. The summed E-state index contributed by atoms with van der Waals surface area (Å²) in [4.78, 5) is 10.8. The molecule has 0 bridgehead atoms. The largest absolute Gasteiger partial charge is 0.300 e. The maximum atomic E-state index is 10.8. The number of nitrogens with one attached hydrogen (secondary N) is 1. The second-order valence-corrected chi connectivity index (χ2v) is 3.19. The van der Waals surface area contributed by atoms with Crippen LogP contribution in [0.2, 0.25) is 0 Å². The predicted octanol–water partition coefficient (Wildman–Crippen LogP) is 0.699. The second-order valence-electron chi connectivity index (χ2n) is 2.01. The summed E-state index contributed by atoms with van der Waals surface area (Å²) in [6.07, 6.45) is -0.154. The number of anilines is 1. The van der Waals surface area contributed by atoms with Crippen molar-refractivity contribution >= 4 is 22.4 Å². The molecule has 0 radical (unpaired) electrons. The molecule has 1 heterocycles. The van der Waals surface area contributed by atoms with Gasteiger partial charge in [0, 0.05) is 0 Å². The zero-order chi connectivity index (χ0) is 8.97. The lowest BCUT2D eigenvalue weighted by molar-refractivity contribution is -0.115. The minimum Gasteiger partial charge on any atom is -0.300 e. The minimum absolute atomic E-state index is 0.154. The summed E-state index contributed by atoms with van der Waals surface area (Å²) in [5.41, 5.74) is 0. The Hall–Kier alpha value is -1.48. The molecule has 0 saturated heterocycles. The van der Waals surface area contributed by atoms with Crippen LogP contribution in [0.4, 0.5) is 5.13 Å². The monoisotopic (exact) mass is 182 g/mol. The molecule has 1 aromatic heterocycles. The molecule has 0 atom stereocenters. The maximum Gasteiger partial charge on any atom is 0.240 e. The lowest BCUT2D eigenvalue weighted by atomic mass is 10.4. The molecule has 1 amide bonds. The van der Waals surface area contributed by atoms with Gasteiger partial charge < -0.3 is 0 Å². The van der Waals surface area contributed by atoms with Crippen molar-refractivity contribution in [3.05, 3.63) is 5.01 Å². The molecular weight excluding hydrogens is 176 g/mol. The van der Waals surface area contributed by atoms with Crippen LogP contribution in [0, 0.1) is 18.3 Å². The van der Waals surface area contributed by atoms with E-state index in [1.807, 2.05) is 0 Å². The molecule has 0 aliphatic carbocycles. The Balaban J connectivity index is 2.53. The van der Waals surface area contributed by atoms with Gasteiger partial charge in [0.05, 0.1) is 6.07 Å². The molecule has 6 heteroatoms. The summed E-state index contributed by atoms with van der Waals surface area (Å²) in [6, 6.07) is 1.74. The van der Waals surface area contributed by atoms with Gasteiger partial charge >= 0.3 is 0 Å². The van der Waals surface area contributed by atoms with Crippen molar-refractivity contribution in [3.8, 4) is 6.07 Å². The van der Waals surface area contributed by atoms with E-state index < -0.39 is 0 Å². The van der Waals surface area contributed by atoms with E-state index in [-0.39, 0.29) is 12.3 Å². The molecule has 12 heavy (non-hydrogen) atoms. The first-order valence-electron chi connectivity index (χ1n) is 3.19. The smallest absolute Gasteiger partial charge is 0.240 e. The van der Waals surface area contributed by atoms with Gasteiger partial charge in [0.25, 0.3) is 0 Å². The molecule has 0 aliphatic heterocycles. The highest BCUT2D eigenvalue weighted by atomic mass is 32.1. The summed E-state index contributed by atoms with van der Waals surface area (Å²) < 4.78 is 0. The van der Waals surface area contributed by atoms with Gasteiger partial charge in [-0.2, -0.15) is 5.26 Å². The number of nitriles is 1. The van der Waals surface area contributed by atoms with Crippen molar-refractivity contribution in [3.63, 3.8) is 0 Å². The zero-order valence-electron chi connectivity index (χ0n) is 6.37. The molecule has 0 aliphatic rings. The third kappa shape index (κ3) is 2.29. The van der Waals surface area contributed by atoms with Crippen LogP contribution in [-0.4, -0.2) is 16.1 Å². The normalized spacial score (nSPS) is 9.00. The maximum absolute atomic E-state index is 10.8. The van der Waals surface area contributed by atoms with E-state index in [2.05, 4.69) is 15.5 Å². The lowest BCUT2D eigenvalue weighted by Gasteiger charge is -1.92. The minimum atomic E-state index is -0.353. The molecule has 1 N–H and O–H groups in total. The van der Waals surface area contributed by atoms with Gasteiger partial charge in [-0.05, 0) is 6.92 Å². The lowest BCUT2D eigenvalue weighted by Crippen LogP contribution is -2.09. The van der Waals surface area contributed by atoms with Crippen molar-refractivity contribution in [2.45, 2.75) is 13.3 Å². The van der Waals surface area contributed by atoms with E-state index in [4.69, 9.17) is 5.26 Å². The van der Waals surface area contributed by atoms with Crippen LogP contribution in [0.25, 0.3) is 0 Å². The van der Waals surface area contributed by atoms with E-state index in [0.717, 1.165) is 5.01 Å². The number of aromatic nitrogens is 2.